The van der Waals surface area contributed by atoms with Crippen LogP contribution in [0.1, 0.15) is 31.1 Å². The smallest absolute Gasteiger partial charge is 0.338 e. The second kappa shape index (κ2) is 8.38. The van der Waals surface area contributed by atoms with Gasteiger partial charge in [0.25, 0.3) is 0 Å². The van der Waals surface area contributed by atoms with Gasteiger partial charge in [0, 0.05) is 16.7 Å². The zero-order valence-corrected chi connectivity index (χ0v) is 13.2. The van der Waals surface area contributed by atoms with Crippen LogP contribution in [0.15, 0.2) is 23.1 Å². The van der Waals surface area contributed by atoms with Crippen LogP contribution in [-0.4, -0.2) is 34.4 Å². The topological polar surface area (TPSA) is 49.3 Å². The first-order valence-electron chi connectivity index (χ1n) is 6.43. The van der Waals surface area contributed by atoms with E-state index in [0.29, 0.717) is 5.56 Å². The molecule has 0 saturated heterocycles. The van der Waals surface area contributed by atoms with Crippen molar-refractivity contribution < 1.29 is 9.90 Å². The molecule has 1 unspecified atom stereocenters. The van der Waals surface area contributed by atoms with Gasteiger partial charge in [-0.05, 0) is 30.6 Å². The Bertz CT molecular complexity index is 424. The van der Waals surface area contributed by atoms with Gasteiger partial charge in [0.05, 0.1) is 11.3 Å². The van der Waals surface area contributed by atoms with Gasteiger partial charge in [0.1, 0.15) is 0 Å². The zero-order chi connectivity index (χ0) is 14.3. The highest BCUT2D eigenvalue weighted by Gasteiger charge is 2.16. The molecule has 0 bridgehead atoms. The zero-order valence-electron chi connectivity index (χ0n) is 11.6. The Morgan fingerprint density at radius 2 is 2.11 bits per heavy atom. The second-order valence-corrected chi connectivity index (χ2v) is 6.75. The van der Waals surface area contributed by atoms with E-state index in [-0.39, 0.29) is 6.04 Å². The predicted molar refractivity (Wildman–Crippen MR) is 85.9 cm³/mol. The van der Waals surface area contributed by atoms with Gasteiger partial charge >= 0.3 is 5.97 Å². The first-order valence-corrected chi connectivity index (χ1v) is 8.57. The summed E-state index contributed by atoms with van der Waals surface area (Å²) in [5, 5.41) is 12.7. The summed E-state index contributed by atoms with van der Waals surface area (Å²) in [4.78, 5) is 12.3. The number of hydrogen-bond acceptors (Lipinski definition) is 4. The van der Waals surface area contributed by atoms with Crippen LogP contribution in [0, 0.1) is 0 Å². The summed E-state index contributed by atoms with van der Waals surface area (Å²) >= 11 is 3.41. The van der Waals surface area contributed by atoms with E-state index in [9.17, 15) is 9.90 Å². The Hall–Kier alpha value is -0.810. The molecular formula is C14H21NO2S2. The molecule has 0 spiro atoms. The van der Waals surface area contributed by atoms with Crippen molar-refractivity contribution in [2.75, 3.05) is 22.6 Å². The molecule has 3 nitrogen and oxygen atoms in total. The normalized spacial score (nSPS) is 12.2. The molecule has 1 aromatic rings. The molecule has 0 saturated carbocycles. The number of anilines is 1. The molecular weight excluding hydrogens is 278 g/mol. The van der Waals surface area contributed by atoms with Crippen LogP contribution in [0.5, 0.6) is 0 Å². The van der Waals surface area contributed by atoms with E-state index in [1.54, 1.807) is 11.8 Å². The minimum Gasteiger partial charge on any atom is -0.478 e. The third kappa shape index (κ3) is 4.99. The number of rotatable bonds is 8. The van der Waals surface area contributed by atoms with Gasteiger partial charge in [0.15, 0.2) is 0 Å². The van der Waals surface area contributed by atoms with Crippen molar-refractivity contribution in [3.63, 3.8) is 0 Å². The van der Waals surface area contributed by atoms with E-state index in [2.05, 4.69) is 19.2 Å². The summed E-state index contributed by atoms with van der Waals surface area (Å²) in [7, 11) is 0. The molecule has 0 aliphatic heterocycles. The molecule has 0 fully saturated rings. The first-order chi connectivity index (χ1) is 9.10. The van der Waals surface area contributed by atoms with Crippen molar-refractivity contribution >= 4 is 35.2 Å². The average molecular weight is 299 g/mol. The maximum absolute atomic E-state index is 11.5. The molecule has 106 valence electrons. The fourth-order valence-electron chi connectivity index (χ4n) is 1.75. The number of carboxylic acids is 1. The Balaban J connectivity index is 2.93. The van der Waals surface area contributed by atoms with Crippen LogP contribution in [-0.2, 0) is 0 Å². The lowest BCUT2D eigenvalue weighted by molar-refractivity contribution is 0.0694. The van der Waals surface area contributed by atoms with Crippen LogP contribution in [0.25, 0.3) is 0 Å². The SMILES string of the molecule is CCSCC(C)Nc1cccc(SCC)c1C(=O)O. The molecule has 0 heterocycles. The van der Waals surface area contributed by atoms with Crippen molar-refractivity contribution in [3.8, 4) is 0 Å². The molecule has 0 radical (unpaired) electrons. The number of hydrogen-bond donors (Lipinski definition) is 2. The summed E-state index contributed by atoms with van der Waals surface area (Å²) in [5.74, 6) is 2.05. The highest BCUT2D eigenvalue weighted by atomic mass is 32.2. The first kappa shape index (κ1) is 16.2. The average Bonchev–Trinajstić information content (AvgIpc) is 2.36. The van der Waals surface area contributed by atoms with Crippen LogP contribution in [0.2, 0.25) is 0 Å². The number of carboxylic acid groups (broad SMARTS) is 1. The Morgan fingerprint density at radius 3 is 2.68 bits per heavy atom. The highest BCUT2D eigenvalue weighted by molar-refractivity contribution is 7.99. The Morgan fingerprint density at radius 1 is 1.37 bits per heavy atom. The van der Waals surface area contributed by atoms with Gasteiger partial charge in [-0.1, -0.05) is 19.9 Å². The molecule has 2 N–H and O–H groups in total. The number of thioether (sulfide) groups is 2. The summed E-state index contributed by atoms with van der Waals surface area (Å²) in [6.45, 7) is 6.23. The van der Waals surface area contributed by atoms with E-state index in [0.717, 1.165) is 27.8 Å². The fourth-order valence-corrected chi connectivity index (χ4v) is 3.25. The molecule has 1 atom stereocenters. The third-order valence-corrected chi connectivity index (χ3v) is 4.60. The van der Waals surface area contributed by atoms with Crippen LogP contribution in [0.4, 0.5) is 5.69 Å². The number of carbonyl (C=O) groups is 1. The summed E-state index contributed by atoms with van der Waals surface area (Å²) < 4.78 is 0. The Kier molecular flexibility index (Phi) is 7.16. The maximum atomic E-state index is 11.5. The summed E-state index contributed by atoms with van der Waals surface area (Å²) in [6, 6.07) is 5.88. The van der Waals surface area contributed by atoms with Crippen molar-refractivity contribution in [3.05, 3.63) is 23.8 Å². The minimum absolute atomic E-state index is 0.255. The standard InChI is InChI=1S/C14H21NO2S2/c1-4-18-9-10(3)15-11-7-6-8-12(19-5-2)13(11)14(16)17/h6-8,10,15H,4-5,9H2,1-3H3,(H,16,17). The van der Waals surface area contributed by atoms with E-state index in [1.165, 1.54) is 0 Å². The van der Waals surface area contributed by atoms with Crippen molar-refractivity contribution in [2.24, 2.45) is 0 Å². The largest absolute Gasteiger partial charge is 0.478 e. The molecule has 0 amide bonds. The minimum atomic E-state index is -0.866. The van der Waals surface area contributed by atoms with Gasteiger partial charge in [-0.3, -0.25) is 0 Å². The lowest BCUT2D eigenvalue weighted by atomic mass is 10.1. The number of nitrogens with one attached hydrogen (secondary N) is 1. The van der Waals surface area contributed by atoms with Gasteiger partial charge in [-0.25, -0.2) is 4.79 Å². The van der Waals surface area contributed by atoms with Crippen LogP contribution < -0.4 is 5.32 Å². The maximum Gasteiger partial charge on any atom is 0.338 e. The summed E-state index contributed by atoms with van der Waals surface area (Å²) in [5.41, 5.74) is 1.11. The van der Waals surface area contributed by atoms with E-state index >= 15 is 0 Å². The van der Waals surface area contributed by atoms with Gasteiger partial charge < -0.3 is 10.4 Å². The molecule has 0 aliphatic carbocycles. The molecule has 1 aromatic carbocycles. The Labute approximate surface area is 123 Å². The molecule has 1 rings (SSSR count). The lowest BCUT2D eigenvalue weighted by Gasteiger charge is -2.18. The predicted octanol–water partition coefficient (Wildman–Crippen LogP) is 4.05. The summed E-state index contributed by atoms with van der Waals surface area (Å²) in [6.07, 6.45) is 0. The van der Waals surface area contributed by atoms with Gasteiger partial charge in [-0.15, -0.1) is 11.8 Å². The van der Waals surface area contributed by atoms with Crippen LogP contribution >= 0.6 is 23.5 Å². The van der Waals surface area contributed by atoms with Gasteiger partial charge in [0.2, 0.25) is 0 Å². The van der Waals surface area contributed by atoms with E-state index in [1.807, 2.05) is 36.9 Å². The third-order valence-electron chi connectivity index (χ3n) is 2.51. The number of benzene rings is 1. The van der Waals surface area contributed by atoms with E-state index < -0.39 is 5.97 Å². The molecule has 0 aliphatic rings. The van der Waals surface area contributed by atoms with Gasteiger partial charge in [-0.2, -0.15) is 11.8 Å². The fraction of sp³-hybridized carbons (Fsp3) is 0.500. The molecule has 19 heavy (non-hydrogen) atoms. The molecule has 5 heteroatoms. The lowest BCUT2D eigenvalue weighted by Crippen LogP contribution is -2.20. The monoisotopic (exact) mass is 299 g/mol. The van der Waals surface area contributed by atoms with Crippen molar-refractivity contribution in [1.82, 2.24) is 0 Å². The van der Waals surface area contributed by atoms with Crippen LogP contribution in [0.3, 0.4) is 0 Å². The van der Waals surface area contributed by atoms with Crippen molar-refractivity contribution in [1.29, 1.82) is 0 Å². The second-order valence-electron chi connectivity index (χ2n) is 4.12. The molecule has 0 aromatic heterocycles. The quantitative estimate of drug-likeness (QED) is 0.709. The van der Waals surface area contributed by atoms with Crippen molar-refractivity contribution in [2.45, 2.75) is 31.7 Å². The number of aromatic carboxylic acids is 1. The van der Waals surface area contributed by atoms with E-state index in [4.69, 9.17) is 0 Å². The highest BCUT2D eigenvalue weighted by Crippen LogP contribution is 2.29.